The fourth-order valence-electron chi connectivity index (χ4n) is 2.70. The van der Waals surface area contributed by atoms with Crippen LogP contribution in [0.1, 0.15) is 0 Å². The summed E-state index contributed by atoms with van der Waals surface area (Å²) in [6, 6.07) is 14.4. The Labute approximate surface area is 152 Å². The van der Waals surface area contributed by atoms with Crippen LogP contribution in [-0.4, -0.2) is 61.4 Å². The van der Waals surface area contributed by atoms with Crippen molar-refractivity contribution in [3.05, 3.63) is 54.6 Å². The first-order valence-corrected chi connectivity index (χ1v) is 9.65. The Morgan fingerprint density at radius 2 is 1.58 bits per heavy atom. The lowest BCUT2D eigenvalue weighted by Gasteiger charge is -2.33. The molecule has 1 fully saturated rings. The summed E-state index contributed by atoms with van der Waals surface area (Å²) in [5.74, 6) is 0.413. The van der Waals surface area contributed by atoms with Crippen molar-refractivity contribution in [2.24, 2.45) is 0 Å². The summed E-state index contributed by atoms with van der Waals surface area (Å²) in [5, 5.41) is 9.23. The summed E-state index contributed by atoms with van der Waals surface area (Å²) in [4.78, 5) is 14.1. The molecule has 0 aliphatic carbocycles. The van der Waals surface area contributed by atoms with Gasteiger partial charge in [0.1, 0.15) is 11.5 Å². The van der Waals surface area contributed by atoms with Gasteiger partial charge >= 0.3 is 0 Å². The van der Waals surface area contributed by atoms with Crippen molar-refractivity contribution >= 4 is 15.9 Å². The van der Waals surface area contributed by atoms with Crippen molar-refractivity contribution < 1.29 is 23.1 Å². The van der Waals surface area contributed by atoms with Crippen LogP contribution in [0.5, 0.6) is 11.5 Å². The van der Waals surface area contributed by atoms with Gasteiger partial charge in [-0.1, -0.05) is 18.2 Å². The summed E-state index contributed by atoms with van der Waals surface area (Å²) in [5.41, 5.74) is 0. The van der Waals surface area contributed by atoms with Gasteiger partial charge in [-0.25, -0.2) is 8.42 Å². The SMILES string of the molecule is O=C(COc1ccc(O)cc1)N1CCN(S(=O)(=O)c2ccccc2)CC1. The molecule has 1 aliphatic rings. The van der Waals surface area contributed by atoms with Crippen LogP contribution in [-0.2, 0) is 14.8 Å². The number of phenolic OH excluding ortho intramolecular Hbond substituents is 1. The number of sulfonamides is 1. The predicted octanol–water partition coefficient (Wildman–Crippen LogP) is 1.30. The van der Waals surface area contributed by atoms with Gasteiger partial charge in [-0.05, 0) is 36.4 Å². The summed E-state index contributed by atoms with van der Waals surface area (Å²) in [7, 11) is -3.53. The third-order valence-corrected chi connectivity index (χ3v) is 6.08. The number of amides is 1. The maximum Gasteiger partial charge on any atom is 0.260 e. The maximum absolute atomic E-state index is 12.6. The molecule has 1 aliphatic heterocycles. The lowest BCUT2D eigenvalue weighted by Crippen LogP contribution is -2.51. The largest absolute Gasteiger partial charge is 0.508 e. The molecule has 2 aromatic rings. The zero-order valence-corrected chi connectivity index (χ0v) is 14.9. The van der Waals surface area contributed by atoms with Crippen LogP contribution in [0.4, 0.5) is 0 Å². The predicted molar refractivity (Wildman–Crippen MR) is 95.4 cm³/mol. The molecular weight excluding hydrogens is 356 g/mol. The number of piperazine rings is 1. The van der Waals surface area contributed by atoms with E-state index in [-0.39, 0.29) is 36.2 Å². The Morgan fingerprint density at radius 3 is 2.19 bits per heavy atom. The molecule has 8 heteroatoms. The first-order valence-electron chi connectivity index (χ1n) is 8.21. The van der Waals surface area contributed by atoms with E-state index in [4.69, 9.17) is 4.74 Å². The normalized spacial score (nSPS) is 15.6. The average molecular weight is 376 g/mol. The van der Waals surface area contributed by atoms with Gasteiger partial charge in [-0.3, -0.25) is 4.79 Å². The van der Waals surface area contributed by atoms with Crippen molar-refractivity contribution in [1.29, 1.82) is 0 Å². The minimum atomic E-state index is -3.53. The van der Waals surface area contributed by atoms with E-state index in [0.29, 0.717) is 18.8 Å². The molecule has 0 unspecified atom stereocenters. The van der Waals surface area contributed by atoms with Crippen LogP contribution >= 0.6 is 0 Å². The van der Waals surface area contributed by atoms with E-state index in [9.17, 15) is 18.3 Å². The van der Waals surface area contributed by atoms with E-state index < -0.39 is 10.0 Å². The van der Waals surface area contributed by atoms with Gasteiger partial charge in [0.25, 0.3) is 5.91 Å². The highest BCUT2D eigenvalue weighted by Gasteiger charge is 2.30. The lowest BCUT2D eigenvalue weighted by molar-refractivity contribution is -0.134. The summed E-state index contributed by atoms with van der Waals surface area (Å²) >= 11 is 0. The standard InChI is InChI=1S/C18H20N2O5S/c21-15-6-8-16(9-7-15)25-14-18(22)19-10-12-20(13-11-19)26(23,24)17-4-2-1-3-5-17/h1-9,21H,10-14H2. The van der Waals surface area contributed by atoms with Crippen LogP contribution in [0.15, 0.2) is 59.5 Å². The Hall–Kier alpha value is -2.58. The zero-order chi connectivity index (χ0) is 18.6. The van der Waals surface area contributed by atoms with E-state index in [1.54, 1.807) is 47.4 Å². The van der Waals surface area contributed by atoms with Gasteiger partial charge in [0.15, 0.2) is 6.61 Å². The molecule has 0 aromatic heterocycles. The molecule has 1 N–H and O–H groups in total. The van der Waals surface area contributed by atoms with E-state index in [2.05, 4.69) is 0 Å². The van der Waals surface area contributed by atoms with E-state index in [0.717, 1.165) is 0 Å². The van der Waals surface area contributed by atoms with E-state index in [1.807, 2.05) is 0 Å². The Bertz CT molecular complexity index is 845. The van der Waals surface area contributed by atoms with Gasteiger partial charge in [-0.15, -0.1) is 0 Å². The average Bonchev–Trinajstić information content (AvgIpc) is 2.68. The Balaban J connectivity index is 1.53. The summed E-state index contributed by atoms with van der Waals surface area (Å²) in [6.07, 6.45) is 0. The third-order valence-electron chi connectivity index (χ3n) is 4.17. The summed E-state index contributed by atoms with van der Waals surface area (Å²) < 4.78 is 32.0. The van der Waals surface area contributed by atoms with Crippen LogP contribution < -0.4 is 4.74 Å². The molecule has 0 radical (unpaired) electrons. The summed E-state index contributed by atoms with van der Waals surface area (Å²) in [6.45, 7) is 1.02. The quantitative estimate of drug-likeness (QED) is 0.850. The number of benzene rings is 2. The molecule has 1 heterocycles. The van der Waals surface area contributed by atoms with Crippen molar-refractivity contribution in [2.45, 2.75) is 4.90 Å². The molecule has 7 nitrogen and oxygen atoms in total. The minimum Gasteiger partial charge on any atom is -0.508 e. The first kappa shape index (κ1) is 18.2. The van der Waals surface area contributed by atoms with Crippen LogP contribution in [0.3, 0.4) is 0 Å². The van der Waals surface area contributed by atoms with Gasteiger partial charge in [0.2, 0.25) is 10.0 Å². The van der Waals surface area contributed by atoms with Crippen LogP contribution in [0.25, 0.3) is 0 Å². The second-order valence-electron chi connectivity index (χ2n) is 5.88. The fraction of sp³-hybridized carbons (Fsp3) is 0.278. The second-order valence-corrected chi connectivity index (χ2v) is 7.82. The van der Waals surface area contributed by atoms with Gasteiger partial charge < -0.3 is 14.7 Å². The van der Waals surface area contributed by atoms with Crippen molar-refractivity contribution in [1.82, 2.24) is 9.21 Å². The highest BCUT2D eigenvalue weighted by Crippen LogP contribution is 2.18. The number of ether oxygens (including phenoxy) is 1. The van der Waals surface area contributed by atoms with Gasteiger partial charge in [0, 0.05) is 26.2 Å². The zero-order valence-electron chi connectivity index (χ0n) is 14.1. The number of nitrogens with zero attached hydrogens (tertiary/aromatic N) is 2. The molecule has 0 atom stereocenters. The number of phenols is 1. The smallest absolute Gasteiger partial charge is 0.260 e. The first-order chi connectivity index (χ1) is 12.5. The van der Waals surface area contributed by atoms with Crippen molar-refractivity contribution in [3.63, 3.8) is 0 Å². The van der Waals surface area contributed by atoms with Crippen molar-refractivity contribution in [2.75, 3.05) is 32.8 Å². The number of aromatic hydroxyl groups is 1. The fourth-order valence-corrected chi connectivity index (χ4v) is 4.14. The monoisotopic (exact) mass is 376 g/mol. The van der Waals surface area contributed by atoms with Gasteiger partial charge in [-0.2, -0.15) is 4.31 Å². The molecule has 2 aromatic carbocycles. The number of carbonyl (C=O) groups excluding carboxylic acids is 1. The number of hydrogen-bond acceptors (Lipinski definition) is 5. The van der Waals surface area contributed by atoms with E-state index >= 15 is 0 Å². The molecule has 0 saturated carbocycles. The molecule has 138 valence electrons. The van der Waals surface area contributed by atoms with Gasteiger partial charge in [0.05, 0.1) is 4.90 Å². The Morgan fingerprint density at radius 1 is 0.962 bits per heavy atom. The molecule has 26 heavy (non-hydrogen) atoms. The number of carbonyl (C=O) groups is 1. The van der Waals surface area contributed by atoms with Crippen LogP contribution in [0, 0.1) is 0 Å². The lowest BCUT2D eigenvalue weighted by atomic mass is 10.3. The molecule has 1 saturated heterocycles. The molecule has 0 bridgehead atoms. The Kier molecular flexibility index (Phi) is 5.43. The second kappa shape index (κ2) is 7.76. The molecule has 1 amide bonds. The topological polar surface area (TPSA) is 87.2 Å². The molecular formula is C18H20N2O5S. The van der Waals surface area contributed by atoms with Crippen molar-refractivity contribution in [3.8, 4) is 11.5 Å². The maximum atomic E-state index is 12.6. The molecule has 0 spiro atoms. The van der Waals surface area contributed by atoms with E-state index in [1.165, 1.54) is 16.4 Å². The molecule has 3 rings (SSSR count). The van der Waals surface area contributed by atoms with Crippen LogP contribution in [0.2, 0.25) is 0 Å². The highest BCUT2D eigenvalue weighted by molar-refractivity contribution is 7.89. The number of rotatable bonds is 5. The highest BCUT2D eigenvalue weighted by atomic mass is 32.2. The number of hydrogen-bond donors (Lipinski definition) is 1. The minimum absolute atomic E-state index is 0.124. The third kappa shape index (κ3) is 4.14.